The zero-order valence-electron chi connectivity index (χ0n) is 13.9. The number of fused-ring (bicyclic) bond motifs is 1. The lowest BCUT2D eigenvalue weighted by atomic mass is 9.58. The van der Waals surface area contributed by atoms with Crippen LogP contribution >= 0.6 is 15.9 Å². The van der Waals surface area contributed by atoms with E-state index >= 15 is 0 Å². The van der Waals surface area contributed by atoms with Gasteiger partial charge in [-0.3, -0.25) is 0 Å². The molecule has 1 aliphatic rings. The summed E-state index contributed by atoms with van der Waals surface area (Å²) in [5, 5.41) is 0. The van der Waals surface area contributed by atoms with E-state index in [1.165, 1.54) is 20.9 Å². The minimum atomic E-state index is 0.191. The zero-order chi connectivity index (χ0) is 15.0. The van der Waals surface area contributed by atoms with Gasteiger partial charge >= 0.3 is 0 Å². The number of hydrogen-bond donors (Lipinski definition) is 0. The predicted molar refractivity (Wildman–Crippen MR) is 98.5 cm³/mol. The van der Waals surface area contributed by atoms with Gasteiger partial charge < -0.3 is 0 Å². The molecule has 0 unspecified atom stereocenters. The molecule has 0 aromatic heterocycles. The van der Waals surface area contributed by atoms with Crippen molar-refractivity contribution in [2.24, 2.45) is 5.41 Å². The second-order valence-electron chi connectivity index (χ2n) is 7.81. The molecule has 0 saturated heterocycles. The summed E-state index contributed by atoms with van der Waals surface area (Å²) < 4.78 is 1.30. The van der Waals surface area contributed by atoms with Crippen molar-refractivity contribution in [3.63, 3.8) is 0 Å². The predicted octanol–water partition coefficient (Wildman–Crippen LogP) is -0.181. The zero-order valence-corrected chi connectivity index (χ0v) is 15.5. The van der Waals surface area contributed by atoms with E-state index in [0.717, 1.165) is 0 Å². The average molecular weight is 317 g/mol. The van der Waals surface area contributed by atoms with Crippen molar-refractivity contribution in [3.8, 4) is 0 Å². The lowest BCUT2D eigenvalue weighted by molar-refractivity contribution is 0.125. The number of hydrogen-bond acceptors (Lipinski definition) is 0. The Hall–Kier alpha value is -0.105. The van der Waals surface area contributed by atoms with E-state index < -0.39 is 0 Å². The Balaban J connectivity index is 3.02. The number of rotatable bonds is 0. The first-order valence-electron chi connectivity index (χ1n) is 7.19. The molecular formula is C15H24B3Br. The van der Waals surface area contributed by atoms with Gasteiger partial charge in [0, 0.05) is 4.47 Å². The first-order valence-corrected chi connectivity index (χ1v) is 7.98. The molecule has 0 N–H and O–H groups in total. The third-order valence-corrected chi connectivity index (χ3v) is 7.79. The molecule has 100 valence electrons. The van der Waals surface area contributed by atoms with Crippen LogP contribution in [0, 0.1) is 5.41 Å². The van der Waals surface area contributed by atoms with Crippen LogP contribution in [0.2, 0.25) is 0 Å². The number of halogens is 1. The van der Waals surface area contributed by atoms with Crippen LogP contribution in [0.3, 0.4) is 0 Å². The fourth-order valence-electron chi connectivity index (χ4n) is 4.09. The minimum Gasteiger partial charge on any atom is -0.0901 e. The van der Waals surface area contributed by atoms with Gasteiger partial charge in [0.1, 0.15) is 23.5 Å². The van der Waals surface area contributed by atoms with Crippen LogP contribution in [-0.2, 0) is 10.8 Å². The average Bonchev–Trinajstić information content (AvgIpc) is 2.39. The molecule has 1 aromatic rings. The van der Waals surface area contributed by atoms with Crippen LogP contribution in [0.4, 0.5) is 0 Å². The van der Waals surface area contributed by atoms with Gasteiger partial charge in [-0.15, -0.1) is 0 Å². The molecule has 0 aliphatic heterocycles. The van der Waals surface area contributed by atoms with Crippen LogP contribution in [-0.4, -0.2) is 23.5 Å². The monoisotopic (exact) mass is 316 g/mol. The highest BCUT2D eigenvalue weighted by atomic mass is 79.9. The fourth-order valence-corrected chi connectivity index (χ4v) is 4.58. The molecular weight excluding hydrogens is 293 g/mol. The van der Waals surface area contributed by atoms with Gasteiger partial charge in [-0.2, -0.15) is 0 Å². The standard InChI is InChI=1S/C15H24B3Br/c1-13(2)7-8(14(3,4)15(13,5)6)10(17)12(19)11(18)9(7)16/h16-18H2,1-6H3. The minimum absolute atomic E-state index is 0.191. The molecule has 0 nitrogen and oxygen atoms in total. The Kier molecular flexibility index (Phi) is 3.19. The van der Waals surface area contributed by atoms with Gasteiger partial charge in [0.25, 0.3) is 0 Å². The van der Waals surface area contributed by atoms with E-state index in [4.69, 9.17) is 0 Å². The van der Waals surface area contributed by atoms with Gasteiger partial charge in [0.05, 0.1) is 0 Å². The summed E-state index contributed by atoms with van der Waals surface area (Å²) in [6.45, 7) is 14.5. The smallest absolute Gasteiger partial charge is 0.0901 e. The van der Waals surface area contributed by atoms with Crippen LogP contribution in [0.25, 0.3) is 0 Å². The summed E-state index contributed by atoms with van der Waals surface area (Å²) >= 11 is 3.81. The Bertz CT molecular complexity index is 522. The highest BCUT2D eigenvalue weighted by Gasteiger charge is 2.57. The SMILES string of the molecule is Bc1c(B)c2c(c(B)c1Br)C(C)(C)C(C)(C)C2(C)C. The molecule has 2 rings (SSSR count). The molecule has 0 heterocycles. The van der Waals surface area contributed by atoms with Crippen LogP contribution in [0.5, 0.6) is 0 Å². The maximum atomic E-state index is 3.81. The molecule has 4 heteroatoms. The summed E-state index contributed by atoms with van der Waals surface area (Å²) in [4.78, 5) is 0. The lowest BCUT2D eigenvalue weighted by Crippen LogP contribution is -2.44. The topological polar surface area (TPSA) is 0 Å². The van der Waals surface area contributed by atoms with E-state index in [0.29, 0.717) is 0 Å². The quantitative estimate of drug-likeness (QED) is 0.583. The third-order valence-electron chi connectivity index (χ3n) is 6.60. The number of benzene rings is 1. The lowest BCUT2D eigenvalue weighted by Gasteiger charge is -2.45. The van der Waals surface area contributed by atoms with Gasteiger partial charge in [0.15, 0.2) is 0 Å². The summed E-state index contributed by atoms with van der Waals surface area (Å²) in [5.74, 6) is 0. The third kappa shape index (κ3) is 1.56. The Morgan fingerprint density at radius 1 is 0.684 bits per heavy atom. The van der Waals surface area contributed by atoms with Crippen molar-refractivity contribution >= 4 is 55.9 Å². The first-order chi connectivity index (χ1) is 8.39. The van der Waals surface area contributed by atoms with E-state index in [1.54, 1.807) is 11.1 Å². The second kappa shape index (κ2) is 3.96. The molecule has 0 saturated carbocycles. The Labute approximate surface area is 129 Å². The van der Waals surface area contributed by atoms with Gasteiger partial charge in [-0.1, -0.05) is 73.9 Å². The van der Waals surface area contributed by atoms with E-state index in [-0.39, 0.29) is 16.2 Å². The van der Waals surface area contributed by atoms with Crippen LogP contribution in [0.1, 0.15) is 52.7 Å². The summed E-state index contributed by atoms with van der Waals surface area (Å²) in [7, 11) is 6.80. The second-order valence-corrected chi connectivity index (χ2v) is 8.61. The van der Waals surface area contributed by atoms with E-state index in [9.17, 15) is 0 Å². The molecule has 19 heavy (non-hydrogen) atoms. The first kappa shape index (κ1) is 15.3. The molecule has 1 aliphatic carbocycles. The van der Waals surface area contributed by atoms with Crippen LogP contribution < -0.4 is 16.4 Å². The van der Waals surface area contributed by atoms with Gasteiger partial charge in [0.2, 0.25) is 0 Å². The Morgan fingerprint density at radius 2 is 1.05 bits per heavy atom. The molecule has 0 spiro atoms. The molecule has 0 fully saturated rings. The van der Waals surface area contributed by atoms with Crippen molar-refractivity contribution in [2.75, 3.05) is 0 Å². The van der Waals surface area contributed by atoms with Crippen molar-refractivity contribution in [1.29, 1.82) is 0 Å². The fraction of sp³-hybridized carbons (Fsp3) is 0.600. The van der Waals surface area contributed by atoms with Crippen LogP contribution in [0.15, 0.2) is 4.47 Å². The molecule has 0 bridgehead atoms. The molecule has 0 radical (unpaired) electrons. The van der Waals surface area contributed by atoms with Crippen molar-refractivity contribution in [2.45, 2.75) is 52.4 Å². The molecule has 1 aromatic carbocycles. The molecule has 0 amide bonds. The maximum absolute atomic E-state index is 3.81. The highest BCUT2D eigenvalue weighted by molar-refractivity contribution is 9.10. The summed E-state index contributed by atoms with van der Waals surface area (Å²) in [5.41, 5.74) is 8.09. The van der Waals surface area contributed by atoms with Crippen molar-refractivity contribution < 1.29 is 0 Å². The normalized spacial score (nSPS) is 22.3. The maximum Gasteiger partial charge on any atom is 0.141 e. The highest BCUT2D eigenvalue weighted by Crippen LogP contribution is 2.60. The van der Waals surface area contributed by atoms with Crippen molar-refractivity contribution in [1.82, 2.24) is 0 Å². The molecule has 0 atom stereocenters. The van der Waals surface area contributed by atoms with Gasteiger partial charge in [-0.05, 0) is 27.4 Å². The largest absolute Gasteiger partial charge is 0.141 e. The van der Waals surface area contributed by atoms with E-state index in [1.807, 2.05) is 0 Å². The summed E-state index contributed by atoms with van der Waals surface area (Å²) in [6.07, 6.45) is 0. The Morgan fingerprint density at radius 3 is 1.47 bits per heavy atom. The summed E-state index contributed by atoms with van der Waals surface area (Å²) in [6, 6.07) is 0. The van der Waals surface area contributed by atoms with Crippen molar-refractivity contribution in [3.05, 3.63) is 15.6 Å². The van der Waals surface area contributed by atoms with Gasteiger partial charge in [-0.25, -0.2) is 0 Å². The van der Waals surface area contributed by atoms with E-state index in [2.05, 4.69) is 81.0 Å².